The van der Waals surface area contributed by atoms with Crippen LogP contribution in [-0.2, 0) is 0 Å². The maximum Gasteiger partial charge on any atom is 0.405 e. The number of alkyl halides is 3. The largest absolute Gasteiger partial charge is 0.405 e. The second-order valence-electron chi connectivity index (χ2n) is 3.63. The van der Waals surface area contributed by atoms with Gasteiger partial charge < -0.3 is 4.90 Å². The SMILES string of the molecule is CC(C)N(CC(F)(F)F)c1ccc(C=O)s1. The molecule has 0 radical (unpaired) electrons. The van der Waals surface area contributed by atoms with Gasteiger partial charge in [-0.1, -0.05) is 0 Å². The van der Waals surface area contributed by atoms with E-state index >= 15 is 0 Å². The molecule has 0 saturated heterocycles. The molecule has 0 aliphatic carbocycles. The lowest BCUT2D eigenvalue weighted by atomic mass is 10.3. The third-order valence-electron chi connectivity index (χ3n) is 1.98. The van der Waals surface area contributed by atoms with Crippen LogP contribution >= 0.6 is 11.3 Å². The molecule has 0 unspecified atom stereocenters. The Labute approximate surface area is 95.7 Å². The summed E-state index contributed by atoms with van der Waals surface area (Å²) >= 11 is 1.07. The minimum absolute atomic E-state index is 0.264. The summed E-state index contributed by atoms with van der Waals surface area (Å²) in [6, 6.07) is 2.80. The van der Waals surface area contributed by atoms with Gasteiger partial charge in [-0.3, -0.25) is 4.79 Å². The number of halogens is 3. The molecule has 16 heavy (non-hydrogen) atoms. The molecule has 0 aliphatic rings. The first-order valence-electron chi connectivity index (χ1n) is 4.72. The van der Waals surface area contributed by atoms with E-state index in [1.807, 2.05) is 0 Å². The predicted molar refractivity (Wildman–Crippen MR) is 58.2 cm³/mol. The number of thiophene rings is 1. The molecule has 1 rings (SSSR count). The molecule has 0 amide bonds. The van der Waals surface area contributed by atoms with Gasteiger partial charge in [-0.2, -0.15) is 13.2 Å². The van der Waals surface area contributed by atoms with Crippen LogP contribution in [0.4, 0.5) is 18.2 Å². The van der Waals surface area contributed by atoms with E-state index in [2.05, 4.69) is 0 Å². The summed E-state index contributed by atoms with van der Waals surface area (Å²) in [6.07, 6.45) is -3.60. The predicted octanol–water partition coefficient (Wildman–Crippen LogP) is 3.34. The molecule has 2 nitrogen and oxygen atoms in total. The van der Waals surface area contributed by atoms with E-state index in [-0.39, 0.29) is 6.04 Å². The molecule has 0 bridgehead atoms. The maximum atomic E-state index is 12.3. The Bertz CT molecular complexity index is 359. The van der Waals surface area contributed by atoms with Crippen LogP contribution < -0.4 is 4.90 Å². The van der Waals surface area contributed by atoms with E-state index in [0.717, 1.165) is 11.3 Å². The Morgan fingerprint density at radius 3 is 2.44 bits per heavy atom. The number of hydrogen-bond acceptors (Lipinski definition) is 3. The van der Waals surface area contributed by atoms with Crippen molar-refractivity contribution in [1.29, 1.82) is 0 Å². The van der Waals surface area contributed by atoms with Gasteiger partial charge in [0.05, 0.1) is 9.88 Å². The zero-order valence-corrected chi connectivity index (χ0v) is 9.73. The highest BCUT2D eigenvalue weighted by molar-refractivity contribution is 7.17. The molecule has 6 heteroatoms. The fraction of sp³-hybridized carbons (Fsp3) is 0.500. The standard InChI is InChI=1S/C10H12F3NOS/c1-7(2)14(6-10(11,12)13)9-4-3-8(5-15)16-9/h3-5,7H,6H2,1-2H3. The Kier molecular flexibility index (Phi) is 3.96. The summed E-state index contributed by atoms with van der Waals surface area (Å²) in [5.41, 5.74) is 0. The maximum absolute atomic E-state index is 12.3. The molecule has 0 spiro atoms. The molecule has 0 N–H and O–H groups in total. The lowest BCUT2D eigenvalue weighted by Gasteiger charge is -2.28. The van der Waals surface area contributed by atoms with E-state index < -0.39 is 12.7 Å². The zero-order valence-electron chi connectivity index (χ0n) is 8.91. The number of hydrogen-bond donors (Lipinski definition) is 0. The first-order chi connectivity index (χ1) is 7.33. The van der Waals surface area contributed by atoms with Gasteiger partial charge in [0.25, 0.3) is 0 Å². The first-order valence-corrected chi connectivity index (χ1v) is 5.53. The van der Waals surface area contributed by atoms with Gasteiger partial charge in [0.1, 0.15) is 6.54 Å². The van der Waals surface area contributed by atoms with Gasteiger partial charge in [0.2, 0.25) is 0 Å². The van der Waals surface area contributed by atoms with Crippen LogP contribution in [0.2, 0.25) is 0 Å². The van der Waals surface area contributed by atoms with Crippen LogP contribution in [0.1, 0.15) is 23.5 Å². The average Bonchev–Trinajstić information content (AvgIpc) is 2.60. The Morgan fingerprint density at radius 1 is 1.44 bits per heavy atom. The van der Waals surface area contributed by atoms with Crippen molar-refractivity contribution < 1.29 is 18.0 Å². The molecule has 90 valence electrons. The number of rotatable bonds is 4. The third kappa shape index (κ3) is 3.52. The van der Waals surface area contributed by atoms with E-state index in [9.17, 15) is 18.0 Å². The van der Waals surface area contributed by atoms with Crippen LogP contribution in [0.25, 0.3) is 0 Å². The van der Waals surface area contributed by atoms with Crippen molar-refractivity contribution in [2.75, 3.05) is 11.4 Å². The molecule has 0 atom stereocenters. The fourth-order valence-corrected chi connectivity index (χ4v) is 2.22. The van der Waals surface area contributed by atoms with Crippen LogP contribution in [0.5, 0.6) is 0 Å². The second-order valence-corrected chi connectivity index (χ2v) is 4.72. The average molecular weight is 251 g/mol. The van der Waals surface area contributed by atoms with Gasteiger partial charge >= 0.3 is 6.18 Å². The lowest BCUT2D eigenvalue weighted by molar-refractivity contribution is -0.120. The van der Waals surface area contributed by atoms with Gasteiger partial charge in [0, 0.05) is 6.04 Å². The minimum atomic E-state index is -4.24. The fourth-order valence-electron chi connectivity index (χ4n) is 1.27. The molecule has 0 saturated carbocycles. The van der Waals surface area contributed by atoms with Crippen molar-refractivity contribution in [2.45, 2.75) is 26.1 Å². The quantitative estimate of drug-likeness (QED) is 0.765. The Morgan fingerprint density at radius 2 is 2.06 bits per heavy atom. The molecule has 1 heterocycles. The normalized spacial score (nSPS) is 11.9. The zero-order chi connectivity index (χ0) is 12.3. The van der Waals surface area contributed by atoms with E-state index in [4.69, 9.17) is 0 Å². The van der Waals surface area contributed by atoms with E-state index in [1.165, 1.54) is 11.0 Å². The highest BCUT2D eigenvalue weighted by Crippen LogP contribution is 2.29. The van der Waals surface area contributed by atoms with Crippen molar-refractivity contribution in [2.24, 2.45) is 0 Å². The number of aldehydes is 1. The van der Waals surface area contributed by atoms with Crippen LogP contribution in [-0.4, -0.2) is 25.0 Å². The van der Waals surface area contributed by atoms with E-state index in [1.54, 1.807) is 19.9 Å². The molecule has 0 aliphatic heterocycles. The summed E-state index contributed by atoms with van der Waals surface area (Å²) in [5.74, 6) is 0. The van der Waals surface area contributed by atoms with Crippen LogP contribution in [0.3, 0.4) is 0 Å². The van der Waals surface area contributed by atoms with Crippen molar-refractivity contribution in [1.82, 2.24) is 0 Å². The monoisotopic (exact) mass is 251 g/mol. The molecule has 1 aromatic heterocycles. The molecular weight excluding hydrogens is 239 g/mol. The number of carbonyl (C=O) groups is 1. The summed E-state index contributed by atoms with van der Waals surface area (Å²) in [4.78, 5) is 12.1. The summed E-state index contributed by atoms with van der Waals surface area (Å²) < 4.78 is 37.0. The number of anilines is 1. The van der Waals surface area contributed by atoms with Gasteiger partial charge in [-0.15, -0.1) is 11.3 Å². The smallest absolute Gasteiger partial charge is 0.352 e. The number of carbonyl (C=O) groups excluding carboxylic acids is 1. The first kappa shape index (κ1) is 13.0. The minimum Gasteiger partial charge on any atom is -0.352 e. The lowest BCUT2D eigenvalue weighted by Crippen LogP contribution is -2.38. The van der Waals surface area contributed by atoms with Crippen molar-refractivity contribution in [3.05, 3.63) is 17.0 Å². The third-order valence-corrected chi connectivity index (χ3v) is 3.03. The topological polar surface area (TPSA) is 20.3 Å². The van der Waals surface area contributed by atoms with Crippen LogP contribution in [0, 0.1) is 0 Å². The molecule has 1 aromatic rings. The van der Waals surface area contributed by atoms with Gasteiger partial charge in [-0.25, -0.2) is 0 Å². The van der Waals surface area contributed by atoms with Gasteiger partial charge in [0.15, 0.2) is 6.29 Å². The molecular formula is C10H12F3NOS. The van der Waals surface area contributed by atoms with Crippen LogP contribution in [0.15, 0.2) is 12.1 Å². The van der Waals surface area contributed by atoms with Crippen molar-refractivity contribution in [3.63, 3.8) is 0 Å². The van der Waals surface area contributed by atoms with E-state index in [0.29, 0.717) is 16.2 Å². The van der Waals surface area contributed by atoms with Gasteiger partial charge in [-0.05, 0) is 26.0 Å². The highest BCUT2D eigenvalue weighted by Gasteiger charge is 2.32. The summed E-state index contributed by atoms with van der Waals surface area (Å²) in [7, 11) is 0. The Hall–Kier alpha value is -1.04. The summed E-state index contributed by atoms with van der Waals surface area (Å²) in [6.45, 7) is 2.38. The highest BCUT2D eigenvalue weighted by atomic mass is 32.1. The van der Waals surface area contributed by atoms with Crippen molar-refractivity contribution in [3.8, 4) is 0 Å². The number of nitrogens with zero attached hydrogens (tertiary/aromatic N) is 1. The molecule has 0 aromatic carbocycles. The Balaban J connectivity index is 2.89. The summed E-state index contributed by atoms with van der Waals surface area (Å²) in [5, 5.41) is 0.467. The molecule has 0 fully saturated rings. The van der Waals surface area contributed by atoms with Crippen molar-refractivity contribution >= 4 is 22.6 Å². The second kappa shape index (κ2) is 4.86.